The fourth-order valence-corrected chi connectivity index (χ4v) is 4.79. The van der Waals surface area contributed by atoms with Crippen LogP contribution in [0.3, 0.4) is 0 Å². The number of carbonyl (C=O) groups excluding carboxylic acids is 1. The zero-order chi connectivity index (χ0) is 26.1. The van der Waals surface area contributed by atoms with Crippen molar-refractivity contribution in [3.63, 3.8) is 0 Å². The lowest BCUT2D eigenvalue weighted by Crippen LogP contribution is -2.23. The van der Waals surface area contributed by atoms with E-state index in [9.17, 15) is 9.59 Å². The van der Waals surface area contributed by atoms with Gasteiger partial charge in [0, 0.05) is 41.6 Å². The molecule has 1 atom stereocenters. The lowest BCUT2D eigenvalue weighted by molar-refractivity contribution is -0.114. The molecule has 37 heavy (non-hydrogen) atoms. The molecule has 8 heteroatoms. The molecule has 3 heterocycles. The van der Waals surface area contributed by atoms with E-state index in [2.05, 4.69) is 15.8 Å². The average Bonchev–Trinajstić information content (AvgIpc) is 3.22. The van der Waals surface area contributed by atoms with Gasteiger partial charge in [-0.05, 0) is 61.2 Å². The van der Waals surface area contributed by atoms with Gasteiger partial charge in [0.2, 0.25) is 5.91 Å². The first-order chi connectivity index (χ1) is 17.9. The summed E-state index contributed by atoms with van der Waals surface area (Å²) in [6, 6.07) is 18.7. The van der Waals surface area contributed by atoms with Gasteiger partial charge in [-0.25, -0.2) is 0 Å². The van der Waals surface area contributed by atoms with E-state index in [4.69, 9.17) is 9.57 Å². The largest absolute Gasteiger partial charge is 0.496 e. The third-order valence-electron chi connectivity index (χ3n) is 6.45. The average molecular weight is 497 g/mol. The molecule has 0 radical (unpaired) electrons. The minimum absolute atomic E-state index is 0.0282. The van der Waals surface area contributed by atoms with Crippen molar-refractivity contribution in [1.29, 1.82) is 0 Å². The molecule has 0 saturated carbocycles. The van der Waals surface area contributed by atoms with Crippen molar-refractivity contribution < 1.29 is 14.4 Å². The zero-order valence-corrected chi connectivity index (χ0v) is 21.2. The quantitative estimate of drug-likeness (QED) is 0.401. The summed E-state index contributed by atoms with van der Waals surface area (Å²) in [4.78, 5) is 35.6. The van der Waals surface area contributed by atoms with Crippen molar-refractivity contribution >= 4 is 28.1 Å². The van der Waals surface area contributed by atoms with Crippen molar-refractivity contribution in [3.8, 4) is 16.9 Å². The number of carbonyl (C=O) groups is 1. The monoisotopic (exact) mass is 496 g/mol. The molecule has 0 fully saturated rings. The molecule has 2 aromatic heterocycles. The van der Waals surface area contributed by atoms with Crippen LogP contribution in [0.2, 0.25) is 0 Å². The molecule has 4 aromatic rings. The highest BCUT2D eigenvalue weighted by Crippen LogP contribution is 2.37. The molecular weight excluding hydrogens is 468 g/mol. The second kappa shape index (κ2) is 9.91. The third kappa shape index (κ3) is 4.71. The van der Waals surface area contributed by atoms with E-state index in [-0.39, 0.29) is 17.5 Å². The first-order valence-corrected chi connectivity index (χ1v) is 12.0. The Morgan fingerprint density at radius 1 is 1.14 bits per heavy atom. The highest BCUT2D eigenvalue weighted by molar-refractivity contribution is 5.92. The van der Waals surface area contributed by atoms with Gasteiger partial charge in [0.25, 0.3) is 5.56 Å². The molecule has 1 unspecified atom stereocenters. The van der Waals surface area contributed by atoms with Gasteiger partial charge >= 0.3 is 0 Å². The van der Waals surface area contributed by atoms with Crippen molar-refractivity contribution in [1.82, 2.24) is 15.0 Å². The van der Waals surface area contributed by atoms with Crippen LogP contribution in [-0.4, -0.2) is 28.6 Å². The second-order valence-electron chi connectivity index (χ2n) is 9.06. The van der Waals surface area contributed by atoms with Gasteiger partial charge in [-0.15, -0.1) is 5.48 Å². The Morgan fingerprint density at radius 3 is 2.62 bits per heavy atom. The topological polar surface area (TPSA) is 94.5 Å². The fraction of sp³-hybridized carbons (Fsp3) is 0.207. The predicted octanol–water partition coefficient (Wildman–Crippen LogP) is 4.73. The van der Waals surface area contributed by atoms with Gasteiger partial charge in [-0.2, -0.15) is 0 Å². The Labute approximate surface area is 214 Å². The molecule has 0 bridgehead atoms. The summed E-state index contributed by atoms with van der Waals surface area (Å²) in [5, 5.41) is 3.66. The molecule has 0 saturated heterocycles. The summed E-state index contributed by atoms with van der Waals surface area (Å²) in [7, 11) is 1.62. The first kappa shape index (κ1) is 24.3. The van der Waals surface area contributed by atoms with E-state index in [1.807, 2.05) is 68.4 Å². The molecule has 8 nitrogen and oxygen atoms in total. The predicted molar refractivity (Wildman–Crippen MR) is 144 cm³/mol. The van der Waals surface area contributed by atoms with Crippen LogP contribution in [0.15, 0.2) is 77.4 Å². The number of methoxy groups -OCH3 is 1. The number of anilines is 1. The maximum absolute atomic E-state index is 13.9. The lowest BCUT2D eigenvalue weighted by atomic mass is 9.95. The van der Waals surface area contributed by atoms with Crippen molar-refractivity contribution in [2.24, 2.45) is 0 Å². The van der Waals surface area contributed by atoms with Gasteiger partial charge in [0.05, 0.1) is 30.9 Å². The Balaban J connectivity index is 1.78. The number of hydrogen-bond donors (Lipinski definition) is 2. The number of fused-ring (bicyclic) bond motifs is 1. The van der Waals surface area contributed by atoms with Gasteiger partial charge < -0.3 is 19.5 Å². The molecule has 0 spiro atoms. The molecule has 188 valence electrons. The summed E-state index contributed by atoms with van der Waals surface area (Å²) in [5.41, 5.74) is 8.08. The Morgan fingerprint density at radius 2 is 1.95 bits per heavy atom. The van der Waals surface area contributed by atoms with E-state index >= 15 is 0 Å². The van der Waals surface area contributed by atoms with Gasteiger partial charge in [0.15, 0.2) is 0 Å². The number of hydroxylamine groups is 1. The van der Waals surface area contributed by atoms with E-state index in [1.165, 1.54) is 6.92 Å². The maximum Gasteiger partial charge on any atom is 0.259 e. The number of aromatic nitrogens is 2. The van der Waals surface area contributed by atoms with Crippen LogP contribution in [0.25, 0.3) is 27.6 Å². The van der Waals surface area contributed by atoms with Gasteiger partial charge in [-0.1, -0.05) is 18.2 Å². The first-order valence-electron chi connectivity index (χ1n) is 12.0. The molecular formula is C29H28N4O4. The number of amides is 1. The Hall–Kier alpha value is -4.43. The number of ether oxygens (including phenoxy) is 1. The Bertz CT molecular complexity index is 1590. The number of nitrogens with zero attached hydrogens (tertiary/aromatic N) is 2. The standard InChI is InChI=1S/C29H28N4O4/c1-17-28(18(2)37-32-17)25-14-21-13-24(20-8-7-10-22(12-20)31-19(3)34)29(35)33(26(21)15-27(25)36-4)16-23-9-5-6-11-30-23/h5-15,17,32H,16H2,1-4H3,(H,31,34). The molecule has 5 rings (SSSR count). The van der Waals surface area contributed by atoms with Crippen molar-refractivity contribution in [3.05, 3.63) is 94.2 Å². The molecule has 1 aliphatic heterocycles. The van der Waals surface area contributed by atoms with Crippen LogP contribution < -0.4 is 21.1 Å². The highest BCUT2D eigenvalue weighted by atomic mass is 16.7. The number of allylic oxidation sites excluding steroid dienone is 1. The summed E-state index contributed by atoms with van der Waals surface area (Å²) in [6.07, 6.45) is 1.71. The van der Waals surface area contributed by atoms with Crippen LogP contribution in [0.1, 0.15) is 32.0 Å². The highest BCUT2D eigenvalue weighted by Gasteiger charge is 2.26. The van der Waals surface area contributed by atoms with E-state index < -0.39 is 0 Å². The normalized spacial score (nSPS) is 15.1. The number of benzene rings is 2. The van der Waals surface area contributed by atoms with Crippen molar-refractivity contribution in [2.75, 3.05) is 12.4 Å². The smallest absolute Gasteiger partial charge is 0.259 e. The summed E-state index contributed by atoms with van der Waals surface area (Å²) >= 11 is 0. The van der Waals surface area contributed by atoms with Gasteiger partial charge in [-0.3, -0.25) is 14.6 Å². The summed E-state index contributed by atoms with van der Waals surface area (Å²) in [5.74, 6) is 1.25. The number of rotatable bonds is 6. The van der Waals surface area contributed by atoms with Crippen LogP contribution in [0, 0.1) is 0 Å². The Kier molecular flexibility index (Phi) is 6.50. The molecule has 2 N–H and O–H groups in total. The van der Waals surface area contributed by atoms with Crippen LogP contribution >= 0.6 is 0 Å². The summed E-state index contributed by atoms with van der Waals surface area (Å²) < 4.78 is 7.51. The fourth-order valence-electron chi connectivity index (χ4n) is 4.79. The molecule has 1 amide bonds. The zero-order valence-electron chi connectivity index (χ0n) is 21.2. The third-order valence-corrected chi connectivity index (χ3v) is 6.45. The number of hydrogen-bond acceptors (Lipinski definition) is 6. The second-order valence-corrected chi connectivity index (χ2v) is 9.06. The maximum atomic E-state index is 13.9. The minimum atomic E-state index is -0.176. The van der Waals surface area contributed by atoms with Crippen LogP contribution in [0.5, 0.6) is 5.75 Å². The van der Waals surface area contributed by atoms with E-state index in [1.54, 1.807) is 23.9 Å². The van der Waals surface area contributed by atoms with E-state index in [0.717, 1.165) is 33.5 Å². The molecule has 1 aliphatic rings. The van der Waals surface area contributed by atoms with E-state index in [0.29, 0.717) is 29.1 Å². The molecule has 0 aliphatic carbocycles. The van der Waals surface area contributed by atoms with Gasteiger partial charge in [0.1, 0.15) is 11.5 Å². The SMILES string of the molecule is COc1cc2c(cc1C1=C(C)ONC1C)cc(-c1cccc(NC(C)=O)c1)c(=O)n2Cc1ccccn1. The number of nitrogens with one attached hydrogen (secondary N) is 2. The van der Waals surface area contributed by atoms with Crippen LogP contribution in [0.4, 0.5) is 5.69 Å². The minimum Gasteiger partial charge on any atom is -0.496 e. The number of pyridine rings is 2. The van der Waals surface area contributed by atoms with Crippen LogP contribution in [-0.2, 0) is 16.2 Å². The van der Waals surface area contributed by atoms with Crippen molar-refractivity contribution in [2.45, 2.75) is 33.4 Å². The summed E-state index contributed by atoms with van der Waals surface area (Å²) in [6.45, 7) is 5.68. The lowest BCUT2D eigenvalue weighted by Gasteiger charge is -2.18. The molecule has 2 aromatic carbocycles.